The molecule has 1 amide bonds. The average molecular weight is 438 g/mol. The zero-order valence-corrected chi connectivity index (χ0v) is 17.4. The Morgan fingerprint density at radius 2 is 1.94 bits per heavy atom. The van der Waals surface area contributed by atoms with Crippen molar-refractivity contribution in [3.8, 4) is 5.75 Å². The number of anilines is 2. The highest BCUT2D eigenvalue weighted by Crippen LogP contribution is 2.36. The van der Waals surface area contributed by atoms with Crippen LogP contribution in [0.15, 0.2) is 42.5 Å². The van der Waals surface area contributed by atoms with E-state index in [9.17, 15) is 18.0 Å². The van der Waals surface area contributed by atoms with E-state index in [2.05, 4.69) is 5.32 Å². The number of methoxy groups -OCH3 is 1. The smallest absolute Gasteiger partial charge is 0.416 e. The predicted octanol–water partition coefficient (Wildman–Crippen LogP) is 4.09. The summed E-state index contributed by atoms with van der Waals surface area (Å²) in [7, 11) is 1.55. The lowest BCUT2D eigenvalue weighted by Crippen LogP contribution is -2.37. The van der Waals surface area contributed by atoms with Crippen molar-refractivity contribution in [2.24, 2.45) is 0 Å². The molecule has 1 fully saturated rings. The van der Waals surface area contributed by atoms with Gasteiger partial charge >= 0.3 is 6.18 Å². The molecule has 1 heterocycles. The first-order valence-corrected chi connectivity index (χ1v) is 9.87. The van der Waals surface area contributed by atoms with Gasteiger partial charge in [0.1, 0.15) is 11.9 Å². The van der Waals surface area contributed by atoms with Gasteiger partial charge in [-0.3, -0.25) is 4.79 Å². The topological polar surface area (TPSA) is 60.0 Å². The van der Waals surface area contributed by atoms with Crippen molar-refractivity contribution in [2.75, 3.05) is 43.6 Å². The number of hydrogen-bond donors (Lipinski definition) is 1. The summed E-state index contributed by atoms with van der Waals surface area (Å²) in [4.78, 5) is 14.6. The largest absolute Gasteiger partial charge is 0.497 e. The Bertz CT molecular complexity index is 899. The van der Waals surface area contributed by atoms with Crippen molar-refractivity contribution in [3.05, 3.63) is 53.6 Å². The molecule has 6 nitrogen and oxygen atoms in total. The van der Waals surface area contributed by atoms with Crippen LogP contribution in [0.25, 0.3) is 0 Å². The van der Waals surface area contributed by atoms with E-state index in [4.69, 9.17) is 14.2 Å². The zero-order chi connectivity index (χ0) is 22.4. The number of morpholine rings is 1. The third-order valence-electron chi connectivity index (χ3n) is 4.94. The van der Waals surface area contributed by atoms with Gasteiger partial charge in [-0.2, -0.15) is 13.2 Å². The fourth-order valence-electron chi connectivity index (χ4n) is 3.19. The molecule has 0 bridgehead atoms. The van der Waals surface area contributed by atoms with Gasteiger partial charge in [0, 0.05) is 13.1 Å². The van der Waals surface area contributed by atoms with E-state index in [0.29, 0.717) is 37.7 Å². The lowest BCUT2D eigenvalue weighted by Gasteiger charge is -2.31. The quantitative estimate of drug-likeness (QED) is 0.706. The van der Waals surface area contributed by atoms with Crippen LogP contribution in [0.4, 0.5) is 24.5 Å². The highest BCUT2D eigenvalue weighted by molar-refractivity contribution is 5.97. The van der Waals surface area contributed by atoms with E-state index in [0.717, 1.165) is 17.7 Å². The van der Waals surface area contributed by atoms with Crippen LogP contribution < -0.4 is 15.0 Å². The summed E-state index contributed by atoms with van der Waals surface area (Å²) in [5.74, 6) is 0.133. The van der Waals surface area contributed by atoms with Crippen molar-refractivity contribution in [1.29, 1.82) is 0 Å². The van der Waals surface area contributed by atoms with Crippen LogP contribution >= 0.6 is 0 Å². The van der Waals surface area contributed by atoms with E-state index < -0.39 is 23.8 Å². The lowest BCUT2D eigenvalue weighted by atomic mass is 10.1. The molecule has 3 rings (SSSR count). The molecule has 0 spiro atoms. The minimum Gasteiger partial charge on any atom is -0.497 e. The highest BCUT2D eigenvalue weighted by atomic mass is 19.4. The van der Waals surface area contributed by atoms with Crippen LogP contribution in [0.3, 0.4) is 0 Å². The molecule has 1 aliphatic heterocycles. The number of carbonyl (C=O) groups is 1. The number of benzene rings is 2. The van der Waals surface area contributed by atoms with Gasteiger partial charge in [-0.05, 0) is 42.8 Å². The molecule has 168 valence electrons. The summed E-state index contributed by atoms with van der Waals surface area (Å²) in [6, 6.07) is 10.6. The summed E-state index contributed by atoms with van der Waals surface area (Å²) in [6.45, 7) is 3.69. The summed E-state index contributed by atoms with van der Waals surface area (Å²) < 4.78 is 55.8. The van der Waals surface area contributed by atoms with Crippen LogP contribution in [0, 0.1) is 0 Å². The van der Waals surface area contributed by atoms with Gasteiger partial charge in [0.2, 0.25) is 0 Å². The number of alkyl halides is 3. The first kappa shape index (κ1) is 22.9. The highest BCUT2D eigenvalue weighted by Gasteiger charge is 2.32. The molecule has 2 aromatic carbocycles. The minimum atomic E-state index is -4.52. The summed E-state index contributed by atoms with van der Waals surface area (Å²) in [6.07, 6.45) is -5.39. The maximum Gasteiger partial charge on any atom is 0.416 e. The standard InChI is InChI=1S/C22H25F3N2O4/c1-15(31-14-16-4-3-5-18(12-16)29-2)21(28)26-19-13-17(22(23,24)25)6-7-20(19)27-8-10-30-11-9-27/h3-7,12-13,15H,8-11,14H2,1-2H3,(H,26,28). The lowest BCUT2D eigenvalue weighted by molar-refractivity contribution is -0.137. The van der Waals surface area contributed by atoms with Crippen molar-refractivity contribution in [3.63, 3.8) is 0 Å². The second kappa shape index (κ2) is 10.0. The maximum absolute atomic E-state index is 13.2. The van der Waals surface area contributed by atoms with Gasteiger partial charge in [0.15, 0.2) is 0 Å². The Balaban J connectivity index is 1.73. The van der Waals surface area contributed by atoms with E-state index >= 15 is 0 Å². The fraction of sp³-hybridized carbons (Fsp3) is 0.409. The van der Waals surface area contributed by atoms with Gasteiger partial charge in [0.05, 0.1) is 43.9 Å². The maximum atomic E-state index is 13.2. The van der Waals surface area contributed by atoms with Crippen molar-refractivity contribution in [2.45, 2.75) is 25.8 Å². The zero-order valence-electron chi connectivity index (χ0n) is 17.4. The van der Waals surface area contributed by atoms with Crippen LogP contribution in [0.2, 0.25) is 0 Å². The monoisotopic (exact) mass is 438 g/mol. The van der Waals surface area contributed by atoms with Crippen LogP contribution in [0.1, 0.15) is 18.1 Å². The summed E-state index contributed by atoms with van der Waals surface area (Å²) in [5.41, 5.74) is 0.597. The van der Waals surface area contributed by atoms with Gasteiger partial charge in [-0.1, -0.05) is 12.1 Å². The molecular formula is C22H25F3N2O4. The second-order valence-electron chi connectivity index (χ2n) is 7.12. The van der Waals surface area contributed by atoms with Crippen LogP contribution in [-0.2, 0) is 27.1 Å². The molecule has 1 aliphatic rings. The molecule has 0 aliphatic carbocycles. The first-order chi connectivity index (χ1) is 14.8. The third kappa shape index (κ3) is 6.11. The average Bonchev–Trinajstić information content (AvgIpc) is 2.77. The molecular weight excluding hydrogens is 413 g/mol. The predicted molar refractivity (Wildman–Crippen MR) is 110 cm³/mol. The molecule has 1 saturated heterocycles. The number of carbonyl (C=O) groups excluding carboxylic acids is 1. The van der Waals surface area contributed by atoms with Crippen molar-refractivity contribution in [1.82, 2.24) is 0 Å². The number of nitrogens with zero attached hydrogens (tertiary/aromatic N) is 1. The SMILES string of the molecule is COc1cccc(COC(C)C(=O)Nc2cc(C(F)(F)F)ccc2N2CCOCC2)c1. The molecule has 0 saturated carbocycles. The summed E-state index contributed by atoms with van der Waals surface area (Å²) >= 11 is 0. The normalized spacial score (nSPS) is 15.5. The van der Waals surface area contributed by atoms with E-state index in [-0.39, 0.29) is 12.3 Å². The number of halogens is 3. The van der Waals surface area contributed by atoms with E-state index in [1.54, 1.807) is 32.2 Å². The van der Waals surface area contributed by atoms with Gasteiger partial charge in [-0.25, -0.2) is 0 Å². The molecule has 0 radical (unpaired) electrons. The summed E-state index contributed by atoms with van der Waals surface area (Å²) in [5, 5.41) is 2.61. The van der Waals surface area contributed by atoms with Crippen molar-refractivity contribution >= 4 is 17.3 Å². The number of hydrogen-bond acceptors (Lipinski definition) is 5. The van der Waals surface area contributed by atoms with E-state index in [1.165, 1.54) is 6.07 Å². The minimum absolute atomic E-state index is 0.0959. The molecule has 1 unspecified atom stereocenters. The van der Waals surface area contributed by atoms with Crippen molar-refractivity contribution < 1.29 is 32.2 Å². The third-order valence-corrected chi connectivity index (χ3v) is 4.94. The number of ether oxygens (including phenoxy) is 3. The van der Waals surface area contributed by atoms with Crippen LogP contribution in [-0.4, -0.2) is 45.4 Å². The second-order valence-corrected chi connectivity index (χ2v) is 7.12. The Hall–Kier alpha value is -2.78. The van der Waals surface area contributed by atoms with Gasteiger partial charge in [-0.15, -0.1) is 0 Å². The number of nitrogens with one attached hydrogen (secondary N) is 1. The Labute approximate surface area is 178 Å². The Morgan fingerprint density at radius 1 is 1.19 bits per heavy atom. The molecule has 9 heteroatoms. The van der Waals surface area contributed by atoms with Gasteiger partial charge in [0.25, 0.3) is 5.91 Å². The Kier molecular flexibility index (Phi) is 7.40. The molecule has 0 aromatic heterocycles. The number of amides is 1. The fourth-order valence-corrected chi connectivity index (χ4v) is 3.19. The molecule has 1 atom stereocenters. The first-order valence-electron chi connectivity index (χ1n) is 9.87. The molecule has 31 heavy (non-hydrogen) atoms. The molecule has 1 N–H and O–H groups in total. The number of rotatable bonds is 7. The Morgan fingerprint density at radius 3 is 2.61 bits per heavy atom. The van der Waals surface area contributed by atoms with E-state index in [1.807, 2.05) is 11.0 Å². The van der Waals surface area contributed by atoms with Gasteiger partial charge < -0.3 is 24.4 Å². The molecule has 2 aromatic rings. The van der Waals surface area contributed by atoms with Crippen LogP contribution in [0.5, 0.6) is 5.75 Å².